The van der Waals surface area contributed by atoms with Crippen LogP contribution in [0.4, 0.5) is 5.82 Å². The minimum absolute atomic E-state index is 0.171. The Kier molecular flexibility index (Phi) is 5.93. The van der Waals surface area contributed by atoms with E-state index in [-0.39, 0.29) is 5.92 Å². The highest BCUT2D eigenvalue weighted by molar-refractivity contribution is 5.91. The van der Waals surface area contributed by atoms with Crippen LogP contribution < -0.4 is 10.1 Å². The first kappa shape index (κ1) is 20.6. The SMILES string of the molecule is COc1ccc2nc(-c3cccnc3)nc(NCC(c3ccccc3)c3ccccc3)c2c1. The second-order valence-corrected chi connectivity index (χ2v) is 7.78. The first-order valence-corrected chi connectivity index (χ1v) is 10.9. The predicted molar refractivity (Wildman–Crippen MR) is 133 cm³/mol. The summed E-state index contributed by atoms with van der Waals surface area (Å²) in [6.07, 6.45) is 3.53. The van der Waals surface area contributed by atoms with Gasteiger partial charge in [-0.25, -0.2) is 9.97 Å². The number of pyridine rings is 1. The van der Waals surface area contributed by atoms with Crippen molar-refractivity contribution in [3.05, 3.63) is 115 Å². The summed E-state index contributed by atoms with van der Waals surface area (Å²) in [6, 6.07) is 30.8. The first-order valence-electron chi connectivity index (χ1n) is 10.9. The van der Waals surface area contributed by atoms with E-state index in [1.54, 1.807) is 19.5 Å². The first-order chi connectivity index (χ1) is 16.3. The Hall–Kier alpha value is -4.25. The van der Waals surface area contributed by atoms with Crippen LogP contribution in [0.2, 0.25) is 0 Å². The zero-order valence-corrected chi connectivity index (χ0v) is 18.3. The van der Waals surface area contributed by atoms with Gasteiger partial charge in [0.2, 0.25) is 0 Å². The van der Waals surface area contributed by atoms with Gasteiger partial charge in [-0.1, -0.05) is 60.7 Å². The quantitative estimate of drug-likeness (QED) is 0.345. The van der Waals surface area contributed by atoms with Crippen molar-refractivity contribution in [2.24, 2.45) is 0 Å². The number of hydrogen-bond donors (Lipinski definition) is 1. The Labute approximate surface area is 193 Å². The van der Waals surface area contributed by atoms with Crippen molar-refractivity contribution in [2.45, 2.75) is 5.92 Å². The molecule has 3 aromatic carbocycles. The van der Waals surface area contributed by atoms with E-state index < -0.39 is 0 Å². The van der Waals surface area contributed by atoms with E-state index in [1.165, 1.54) is 11.1 Å². The lowest BCUT2D eigenvalue weighted by atomic mass is 9.91. The van der Waals surface area contributed by atoms with Gasteiger partial charge in [-0.2, -0.15) is 0 Å². The molecule has 33 heavy (non-hydrogen) atoms. The van der Waals surface area contributed by atoms with Crippen LogP contribution in [0.3, 0.4) is 0 Å². The van der Waals surface area contributed by atoms with Crippen molar-refractivity contribution in [3.63, 3.8) is 0 Å². The molecule has 0 aliphatic heterocycles. The van der Waals surface area contributed by atoms with E-state index in [1.807, 2.05) is 42.5 Å². The molecule has 0 aliphatic rings. The number of ether oxygens (including phenoxy) is 1. The van der Waals surface area contributed by atoms with Gasteiger partial charge in [0.05, 0.1) is 12.6 Å². The van der Waals surface area contributed by atoms with E-state index in [4.69, 9.17) is 14.7 Å². The summed E-state index contributed by atoms with van der Waals surface area (Å²) in [4.78, 5) is 13.9. The molecule has 5 nitrogen and oxygen atoms in total. The predicted octanol–water partition coefficient (Wildman–Crippen LogP) is 5.94. The second-order valence-electron chi connectivity index (χ2n) is 7.78. The van der Waals surface area contributed by atoms with Crippen molar-refractivity contribution in [1.29, 1.82) is 0 Å². The summed E-state index contributed by atoms with van der Waals surface area (Å²) in [5, 5.41) is 4.54. The lowest BCUT2D eigenvalue weighted by Gasteiger charge is -2.20. The molecule has 162 valence electrons. The zero-order valence-electron chi connectivity index (χ0n) is 18.3. The maximum absolute atomic E-state index is 5.46. The third kappa shape index (κ3) is 4.53. The molecular weight excluding hydrogens is 408 g/mol. The van der Waals surface area contributed by atoms with Gasteiger partial charge < -0.3 is 10.1 Å². The highest BCUT2D eigenvalue weighted by Gasteiger charge is 2.16. The molecule has 0 aliphatic carbocycles. The molecule has 5 aromatic rings. The maximum Gasteiger partial charge on any atom is 0.163 e. The molecule has 2 aromatic heterocycles. The molecule has 0 spiro atoms. The van der Waals surface area contributed by atoms with Gasteiger partial charge in [-0.05, 0) is 41.5 Å². The monoisotopic (exact) mass is 432 g/mol. The molecule has 5 rings (SSSR count). The van der Waals surface area contributed by atoms with Gasteiger partial charge in [0.1, 0.15) is 11.6 Å². The van der Waals surface area contributed by atoms with Crippen LogP contribution in [0, 0.1) is 0 Å². The molecule has 5 heteroatoms. The molecule has 0 amide bonds. The third-order valence-electron chi connectivity index (χ3n) is 5.70. The fourth-order valence-electron chi connectivity index (χ4n) is 3.99. The number of benzene rings is 3. The van der Waals surface area contributed by atoms with Gasteiger partial charge in [-0.15, -0.1) is 0 Å². The standard InChI is InChI=1S/C28H24N4O/c1-33-23-14-15-26-24(17-23)28(32-27(31-26)22-13-8-16-29-18-22)30-19-25(20-9-4-2-5-10-20)21-11-6-3-7-12-21/h2-18,25H,19H2,1H3,(H,30,31,32). The molecule has 0 saturated heterocycles. The van der Waals surface area contributed by atoms with Crippen molar-refractivity contribution in [1.82, 2.24) is 15.0 Å². The number of anilines is 1. The fraction of sp³-hybridized carbons (Fsp3) is 0.107. The fourth-order valence-corrected chi connectivity index (χ4v) is 3.99. The molecule has 1 N–H and O–H groups in total. The van der Waals surface area contributed by atoms with Crippen LogP contribution in [0.1, 0.15) is 17.0 Å². The van der Waals surface area contributed by atoms with Crippen LogP contribution >= 0.6 is 0 Å². The topological polar surface area (TPSA) is 59.9 Å². The van der Waals surface area contributed by atoms with Gasteiger partial charge >= 0.3 is 0 Å². The van der Waals surface area contributed by atoms with Crippen LogP contribution in [-0.2, 0) is 0 Å². The molecule has 0 unspecified atom stereocenters. The summed E-state index contributed by atoms with van der Waals surface area (Å²) in [5.74, 6) is 2.35. The minimum atomic E-state index is 0.171. The van der Waals surface area contributed by atoms with Crippen LogP contribution in [0.15, 0.2) is 103 Å². The zero-order chi connectivity index (χ0) is 22.5. The number of nitrogens with zero attached hydrogens (tertiary/aromatic N) is 3. The van der Waals surface area contributed by atoms with Crippen LogP contribution in [0.25, 0.3) is 22.3 Å². The molecule has 0 atom stereocenters. The number of hydrogen-bond acceptors (Lipinski definition) is 5. The number of nitrogens with one attached hydrogen (secondary N) is 1. The lowest BCUT2D eigenvalue weighted by Crippen LogP contribution is -2.15. The van der Waals surface area contributed by atoms with E-state index in [0.717, 1.165) is 28.0 Å². The van der Waals surface area contributed by atoms with Gasteiger partial charge in [-0.3, -0.25) is 4.98 Å². The average molecular weight is 433 g/mol. The minimum Gasteiger partial charge on any atom is -0.497 e. The van der Waals surface area contributed by atoms with E-state index in [2.05, 4.69) is 58.8 Å². The molecule has 2 heterocycles. The molecule has 0 fully saturated rings. The number of aromatic nitrogens is 3. The number of fused-ring (bicyclic) bond motifs is 1. The summed E-state index contributed by atoms with van der Waals surface area (Å²) in [7, 11) is 1.67. The van der Waals surface area contributed by atoms with Crippen molar-refractivity contribution >= 4 is 16.7 Å². The van der Waals surface area contributed by atoms with Crippen molar-refractivity contribution in [3.8, 4) is 17.1 Å². The Bertz CT molecular complexity index is 1300. The highest BCUT2D eigenvalue weighted by Crippen LogP contribution is 2.30. The number of rotatable bonds is 7. The molecule has 0 radical (unpaired) electrons. The summed E-state index contributed by atoms with van der Waals surface area (Å²) >= 11 is 0. The summed E-state index contributed by atoms with van der Waals surface area (Å²) in [5.41, 5.74) is 4.23. The Morgan fingerprint density at radius 1 is 0.818 bits per heavy atom. The van der Waals surface area contributed by atoms with Crippen molar-refractivity contribution in [2.75, 3.05) is 19.0 Å². The molecule has 0 bridgehead atoms. The Morgan fingerprint density at radius 2 is 1.55 bits per heavy atom. The van der Waals surface area contributed by atoms with Gasteiger partial charge in [0.25, 0.3) is 0 Å². The van der Waals surface area contributed by atoms with E-state index in [9.17, 15) is 0 Å². The van der Waals surface area contributed by atoms with Gasteiger partial charge in [0, 0.05) is 35.8 Å². The lowest BCUT2D eigenvalue weighted by molar-refractivity contribution is 0.415. The Balaban J connectivity index is 1.56. The van der Waals surface area contributed by atoms with E-state index in [0.29, 0.717) is 12.4 Å². The summed E-state index contributed by atoms with van der Waals surface area (Å²) in [6.45, 7) is 0.684. The van der Waals surface area contributed by atoms with Gasteiger partial charge in [0.15, 0.2) is 5.82 Å². The third-order valence-corrected chi connectivity index (χ3v) is 5.70. The van der Waals surface area contributed by atoms with Crippen LogP contribution in [-0.4, -0.2) is 28.6 Å². The average Bonchev–Trinajstić information content (AvgIpc) is 2.90. The Morgan fingerprint density at radius 3 is 2.18 bits per heavy atom. The smallest absolute Gasteiger partial charge is 0.163 e. The normalized spacial score (nSPS) is 11.0. The summed E-state index contributed by atoms with van der Waals surface area (Å²) < 4.78 is 5.46. The largest absolute Gasteiger partial charge is 0.497 e. The van der Waals surface area contributed by atoms with Crippen molar-refractivity contribution < 1.29 is 4.74 Å². The molecule has 0 saturated carbocycles. The highest BCUT2D eigenvalue weighted by atomic mass is 16.5. The molecular formula is C28H24N4O. The second kappa shape index (κ2) is 9.49. The number of methoxy groups -OCH3 is 1. The van der Waals surface area contributed by atoms with E-state index >= 15 is 0 Å². The maximum atomic E-state index is 5.46. The van der Waals surface area contributed by atoms with Crippen LogP contribution in [0.5, 0.6) is 5.75 Å².